The Kier molecular flexibility index (Phi) is 61.1. The monoisotopic (exact) mass is 2040 g/mol. The fraction of sp³-hybridized carbons (Fsp3) is 0.626. The number of carbonyl (C=O) groups is 4. The van der Waals surface area contributed by atoms with Gasteiger partial charge in [0.05, 0.1) is 78.2 Å². The molecule has 4 amide bonds. The van der Waals surface area contributed by atoms with Crippen molar-refractivity contribution in [1.82, 2.24) is 50.7 Å². The second-order valence-corrected chi connectivity index (χ2v) is 46.8. The van der Waals surface area contributed by atoms with Gasteiger partial charge in [0.15, 0.2) is 0 Å². The van der Waals surface area contributed by atoms with Gasteiger partial charge in [0.1, 0.15) is 17.4 Å². The van der Waals surface area contributed by atoms with Gasteiger partial charge >= 0.3 is 6.03 Å². The van der Waals surface area contributed by atoms with E-state index in [2.05, 4.69) is 355 Å². The molecule has 5 saturated heterocycles. The van der Waals surface area contributed by atoms with Gasteiger partial charge in [-0.15, -0.1) is 0 Å². The Labute approximate surface area is 889 Å². The molecule has 4 N–H and O–H groups in total. The lowest BCUT2D eigenvalue weighted by atomic mass is 9.88. The molecule has 4 atom stereocenters. The first-order valence-corrected chi connectivity index (χ1v) is 55.7. The van der Waals surface area contributed by atoms with Crippen LogP contribution in [-0.2, 0) is 70.8 Å². The minimum atomic E-state index is -0.118. The largest absolute Gasteiger partial charge is 0.379 e. The maximum absolute atomic E-state index is 13.7. The van der Waals surface area contributed by atoms with Crippen molar-refractivity contribution in [2.24, 2.45) is 16.7 Å². The SMILES string of the molecule is CC(C)N1CCC(C(=O)CCOCCOCCOCCOCCNC(=O)CCCCC2SCC3NC(=O)NC32)CC1.CC(C)c1ccc(CN(C)C)cc1.CC(C)c1ccc(F)c(CN(C)C)c1.CC(C)c1ccc(F)c(CN[C@H](C)C(C)(C)C)c1.CC(C)c1ccc(N2CCN(C(=O)CC(C)(C)C)CC2)cc1.CC(C)c1cccc(CN(C)C)c1.CC(C)c1cccc(CN2CCOCC2)c1.CC(C)c1ccccc1. The Morgan fingerprint density at radius 1 is 0.473 bits per heavy atom. The van der Waals surface area contributed by atoms with Crippen LogP contribution in [0.25, 0.3) is 0 Å². The van der Waals surface area contributed by atoms with Crippen LogP contribution >= 0.6 is 11.8 Å². The molecule has 20 nitrogen and oxygen atoms in total. The number of ether oxygens (including phenoxy) is 5. The quantitative estimate of drug-likeness (QED) is 0.0209. The fourth-order valence-electron chi connectivity index (χ4n) is 17.1. The number of Topliss-reactive ketones (excluding diaryl/α,β-unsaturated/α-hetero) is 1. The number of morpholine rings is 1. The Morgan fingerprint density at radius 2 is 0.925 bits per heavy atom. The topological polar surface area (TPSA) is 185 Å². The number of unbranched alkanes of at least 4 members (excludes halogenated alkanes) is 1. The number of urea groups is 1. The van der Waals surface area contributed by atoms with Crippen molar-refractivity contribution in [1.29, 1.82) is 0 Å². The molecule has 5 heterocycles. The standard InChI is InChI=1S/C29H52N4O7S.C19H30N2O.C16H26FN.C14H21NO.C12H18FN.2C12H19N.C9H12/c1-22(2)33-11-7-23(8-12-33)25(34)9-13-37-15-17-39-19-20-40-18-16-38-14-10-30-27(35)6-4-3-5-26-28-24(21-41-26)31-29(36)32-28;1-15(2)16-6-8-17(9-7-16)20-10-12-21(13-11-20)18(22)14-19(3,4)5;1-11(2)13-7-8-15(17)14(9-13)10-18-12(3)16(4,5)6;1-12(2)14-5-3-4-13(10-14)11-15-6-8-16-9-7-15;1-9(2)10-5-6-12(13)11(7-10)8-14(3)4;1-10(2)12-7-5-11(6-8-12)9-13(3)4;1-10(2)12-7-5-6-11(8-12)9-13(3)4;1-8(2)9-6-4-3-5-7-9/h22-24,26,28H,3-21H2,1-2H3,(H,30,35)(H2,31,32,36);6-9,15H,10-14H2,1-5H3;7-9,11-12,18H,10H2,1-6H3;3-5,10,12H,6-9,11H2,1-2H3;5-7,9H,8H2,1-4H3;2*5-8,10H,9H2,1-4H3;3-8H,1-2H3/t;;12-;;;;;/m..1...../s1. The van der Waals surface area contributed by atoms with Crippen LogP contribution in [0.2, 0.25) is 0 Å². The third-order valence-corrected chi connectivity index (χ3v) is 28.4. The van der Waals surface area contributed by atoms with Gasteiger partial charge in [-0.05, 0) is 234 Å². The zero-order valence-corrected chi connectivity index (χ0v) is 96.7. The zero-order valence-electron chi connectivity index (χ0n) is 95.9. The summed E-state index contributed by atoms with van der Waals surface area (Å²) in [4.78, 5) is 63.7. The number of halogens is 2. The third kappa shape index (κ3) is 53.1. The zero-order chi connectivity index (χ0) is 108. The van der Waals surface area contributed by atoms with E-state index in [0.29, 0.717) is 162 Å². The van der Waals surface area contributed by atoms with Crippen LogP contribution in [0.4, 0.5) is 19.3 Å². The molecule has 7 aromatic rings. The average molecular weight is 2040 g/mol. The Morgan fingerprint density at radius 3 is 1.42 bits per heavy atom. The summed E-state index contributed by atoms with van der Waals surface area (Å²) in [7, 11) is 12.3. The fourth-order valence-corrected chi connectivity index (χ4v) is 18.7. The molecule has 0 bridgehead atoms. The number of nitrogens with one attached hydrogen (secondary N) is 4. The summed E-state index contributed by atoms with van der Waals surface area (Å²) in [5.41, 5.74) is 16.7. The molecule has 12 rings (SSSR count). The summed E-state index contributed by atoms with van der Waals surface area (Å²) >= 11 is 1.91. The van der Waals surface area contributed by atoms with Crippen molar-refractivity contribution in [3.63, 3.8) is 0 Å². The minimum absolute atomic E-state index is 0.0488. The summed E-state index contributed by atoms with van der Waals surface area (Å²) < 4.78 is 54.5. The number of piperazine rings is 1. The van der Waals surface area contributed by atoms with Crippen molar-refractivity contribution < 1.29 is 51.6 Å². The van der Waals surface area contributed by atoms with Gasteiger partial charge in [0.25, 0.3) is 0 Å². The number of benzene rings is 7. The number of likely N-dealkylation sites (tertiary alicyclic amines) is 1. The molecule has 146 heavy (non-hydrogen) atoms. The molecule has 818 valence electrons. The number of ketones is 1. The molecule has 23 heteroatoms. The van der Waals surface area contributed by atoms with Crippen LogP contribution in [-0.4, -0.2) is 255 Å². The van der Waals surface area contributed by atoms with Crippen molar-refractivity contribution in [3.05, 3.63) is 242 Å². The van der Waals surface area contributed by atoms with Crippen molar-refractivity contribution >= 4 is 41.1 Å². The highest BCUT2D eigenvalue weighted by Gasteiger charge is 2.43. The third-order valence-electron chi connectivity index (χ3n) is 26.9. The lowest BCUT2D eigenvalue weighted by Gasteiger charge is -2.37. The van der Waals surface area contributed by atoms with Crippen LogP contribution in [0.1, 0.15) is 319 Å². The molecule has 5 aliphatic rings. The van der Waals surface area contributed by atoms with Crippen LogP contribution in [0.15, 0.2) is 164 Å². The molecule has 0 aliphatic carbocycles. The van der Waals surface area contributed by atoms with E-state index in [1.165, 1.54) is 61.3 Å². The average Bonchev–Trinajstić information content (AvgIpc) is 1.61. The van der Waals surface area contributed by atoms with Gasteiger partial charge < -0.3 is 74.4 Å². The molecule has 5 fully saturated rings. The van der Waals surface area contributed by atoms with E-state index in [9.17, 15) is 28.0 Å². The number of nitrogens with zero attached hydrogens (tertiary/aromatic N) is 7. The van der Waals surface area contributed by atoms with Crippen molar-refractivity contribution in [2.45, 2.75) is 314 Å². The molecular formula is C123H197F2N11O9S. The number of thioether (sulfide) groups is 1. The summed E-state index contributed by atoms with van der Waals surface area (Å²) in [5, 5.41) is 12.7. The summed E-state index contributed by atoms with van der Waals surface area (Å²) in [5.74, 6) is 5.60. The number of anilines is 1. The number of carbonyl (C=O) groups excluding carboxylic acids is 4. The number of amides is 4. The predicted octanol–water partition coefficient (Wildman–Crippen LogP) is 24.5. The van der Waals surface area contributed by atoms with E-state index in [4.69, 9.17) is 23.7 Å². The van der Waals surface area contributed by atoms with Gasteiger partial charge in [-0.1, -0.05) is 284 Å². The summed E-state index contributed by atoms with van der Waals surface area (Å²) in [6.45, 7) is 68.3. The second kappa shape index (κ2) is 69.5. The number of fused-ring (bicyclic) bond motifs is 1. The van der Waals surface area contributed by atoms with E-state index in [-0.39, 0.29) is 52.4 Å². The molecule has 7 aromatic carbocycles. The maximum atomic E-state index is 13.7. The first kappa shape index (κ1) is 128. The van der Waals surface area contributed by atoms with Crippen molar-refractivity contribution in [2.75, 3.05) is 178 Å². The van der Waals surface area contributed by atoms with E-state index in [1.54, 1.807) is 12.1 Å². The lowest BCUT2D eigenvalue weighted by Crippen LogP contribution is -2.49. The van der Waals surface area contributed by atoms with Crippen LogP contribution < -0.4 is 26.2 Å². The molecule has 0 aromatic heterocycles. The van der Waals surface area contributed by atoms with Gasteiger partial charge in [0.2, 0.25) is 11.8 Å². The summed E-state index contributed by atoms with van der Waals surface area (Å²) in [6, 6.07) is 58.2. The van der Waals surface area contributed by atoms with Gasteiger partial charge in [-0.2, -0.15) is 11.8 Å². The first-order chi connectivity index (χ1) is 69.2. The number of rotatable bonds is 42. The maximum Gasteiger partial charge on any atom is 0.315 e. The molecule has 5 aliphatic heterocycles. The number of hydrogen-bond donors (Lipinski definition) is 4. The Balaban J connectivity index is 0.000000308. The highest BCUT2D eigenvalue weighted by atomic mass is 32.2. The molecule has 0 saturated carbocycles. The Hall–Kier alpha value is -8.01. The number of hydrogen-bond acceptors (Lipinski definition) is 17. The molecule has 0 radical (unpaired) electrons. The molecular weight excluding hydrogens is 1850 g/mol. The van der Waals surface area contributed by atoms with Gasteiger partial charge in [-0.3, -0.25) is 19.3 Å². The minimum Gasteiger partial charge on any atom is -0.379 e. The molecule has 0 spiro atoms. The molecule has 3 unspecified atom stereocenters. The highest BCUT2D eigenvalue weighted by molar-refractivity contribution is 8.00. The second-order valence-electron chi connectivity index (χ2n) is 45.5. The van der Waals surface area contributed by atoms with Gasteiger partial charge in [-0.25, -0.2) is 13.6 Å². The normalized spacial score (nSPS) is 16.3. The van der Waals surface area contributed by atoms with Gasteiger partial charge in [0, 0.05) is 144 Å². The number of piperidine rings is 1. The van der Waals surface area contributed by atoms with Crippen LogP contribution in [0, 0.1) is 28.4 Å². The first-order valence-electron chi connectivity index (χ1n) is 54.7. The van der Waals surface area contributed by atoms with Crippen LogP contribution in [0.3, 0.4) is 0 Å². The van der Waals surface area contributed by atoms with E-state index in [1.807, 2.05) is 66.0 Å². The Bertz CT molecular complexity index is 4710. The van der Waals surface area contributed by atoms with Crippen molar-refractivity contribution in [3.8, 4) is 0 Å². The van der Waals surface area contributed by atoms with E-state index < -0.39 is 0 Å². The highest BCUT2D eigenvalue weighted by Crippen LogP contribution is 2.34. The van der Waals surface area contributed by atoms with E-state index >= 15 is 0 Å². The summed E-state index contributed by atoms with van der Waals surface area (Å²) in [6.07, 6.45) is 6.41. The lowest BCUT2D eigenvalue weighted by molar-refractivity contribution is -0.133. The smallest absolute Gasteiger partial charge is 0.315 e. The van der Waals surface area contributed by atoms with Crippen LogP contribution in [0.5, 0.6) is 0 Å². The van der Waals surface area contributed by atoms with E-state index in [0.717, 1.165) is 134 Å². The predicted molar refractivity (Wildman–Crippen MR) is 610 cm³/mol.